The van der Waals surface area contributed by atoms with Crippen molar-refractivity contribution in [1.82, 2.24) is 10.2 Å². The van der Waals surface area contributed by atoms with Gasteiger partial charge in [-0.2, -0.15) is 0 Å². The SMILES string of the molecule is CC[C@@H](C(=O)NC(C)C)N(Cc1ccc(C)cc1)C(=O)CN(c1ccc(C)cc1C)S(C)(=O)=O. The third kappa shape index (κ3) is 7.32. The first-order valence-electron chi connectivity index (χ1n) is 11.5. The molecule has 0 spiro atoms. The molecule has 0 radical (unpaired) electrons. The van der Waals surface area contributed by atoms with Gasteiger partial charge < -0.3 is 10.2 Å². The van der Waals surface area contributed by atoms with E-state index in [9.17, 15) is 18.0 Å². The van der Waals surface area contributed by atoms with Crippen LogP contribution in [-0.4, -0.2) is 50.0 Å². The lowest BCUT2D eigenvalue weighted by molar-refractivity contribution is -0.140. The van der Waals surface area contributed by atoms with Crippen LogP contribution in [0.3, 0.4) is 0 Å². The molecule has 186 valence electrons. The molecule has 7 nitrogen and oxygen atoms in total. The number of nitrogens with zero attached hydrogens (tertiary/aromatic N) is 2. The van der Waals surface area contributed by atoms with E-state index in [1.807, 2.05) is 77.9 Å². The molecule has 34 heavy (non-hydrogen) atoms. The number of anilines is 1. The van der Waals surface area contributed by atoms with Crippen molar-refractivity contribution in [3.8, 4) is 0 Å². The first-order chi connectivity index (χ1) is 15.8. The molecular weight excluding hydrogens is 450 g/mol. The van der Waals surface area contributed by atoms with Crippen molar-refractivity contribution in [3.05, 3.63) is 64.7 Å². The fourth-order valence-corrected chi connectivity index (χ4v) is 4.78. The Bertz CT molecular complexity index is 1110. The molecule has 0 saturated heterocycles. The van der Waals surface area contributed by atoms with E-state index in [0.29, 0.717) is 12.1 Å². The summed E-state index contributed by atoms with van der Waals surface area (Å²) in [5.74, 6) is -0.688. The molecule has 2 aromatic rings. The quantitative estimate of drug-likeness (QED) is 0.554. The van der Waals surface area contributed by atoms with E-state index in [0.717, 1.165) is 32.8 Å². The second-order valence-corrected chi connectivity index (χ2v) is 11.1. The predicted octanol–water partition coefficient (Wildman–Crippen LogP) is 3.71. The molecule has 0 saturated carbocycles. The van der Waals surface area contributed by atoms with Crippen LogP contribution in [0, 0.1) is 20.8 Å². The lowest BCUT2D eigenvalue weighted by Gasteiger charge is -2.33. The van der Waals surface area contributed by atoms with Crippen molar-refractivity contribution < 1.29 is 18.0 Å². The Morgan fingerprint density at radius 1 is 0.971 bits per heavy atom. The maximum Gasteiger partial charge on any atom is 0.244 e. The largest absolute Gasteiger partial charge is 0.352 e. The summed E-state index contributed by atoms with van der Waals surface area (Å²) >= 11 is 0. The Labute approximate surface area is 204 Å². The van der Waals surface area contributed by atoms with Crippen LogP contribution in [0.1, 0.15) is 49.4 Å². The Hall–Kier alpha value is -2.87. The second-order valence-electron chi connectivity index (χ2n) is 9.15. The van der Waals surface area contributed by atoms with Crippen molar-refractivity contribution in [2.75, 3.05) is 17.1 Å². The Morgan fingerprint density at radius 3 is 2.06 bits per heavy atom. The van der Waals surface area contributed by atoms with Gasteiger partial charge in [0.25, 0.3) is 0 Å². The number of hydrogen-bond acceptors (Lipinski definition) is 4. The third-order valence-electron chi connectivity index (χ3n) is 5.59. The highest BCUT2D eigenvalue weighted by molar-refractivity contribution is 7.92. The topological polar surface area (TPSA) is 86.8 Å². The molecule has 0 aliphatic carbocycles. The zero-order chi connectivity index (χ0) is 25.6. The second kappa shape index (κ2) is 11.5. The van der Waals surface area contributed by atoms with E-state index in [4.69, 9.17) is 0 Å². The van der Waals surface area contributed by atoms with Gasteiger partial charge in [-0.15, -0.1) is 0 Å². The van der Waals surface area contributed by atoms with Crippen LogP contribution in [-0.2, 0) is 26.2 Å². The zero-order valence-corrected chi connectivity index (χ0v) is 22.1. The van der Waals surface area contributed by atoms with Crippen molar-refractivity contribution in [3.63, 3.8) is 0 Å². The molecule has 0 unspecified atom stereocenters. The molecule has 2 rings (SSSR count). The highest BCUT2D eigenvalue weighted by Gasteiger charge is 2.32. The summed E-state index contributed by atoms with van der Waals surface area (Å²) in [6, 6.07) is 12.3. The van der Waals surface area contributed by atoms with Crippen LogP contribution in [0.4, 0.5) is 5.69 Å². The summed E-state index contributed by atoms with van der Waals surface area (Å²) in [5.41, 5.74) is 4.17. The number of amides is 2. The predicted molar refractivity (Wildman–Crippen MR) is 137 cm³/mol. The zero-order valence-electron chi connectivity index (χ0n) is 21.3. The molecule has 2 amide bonds. The van der Waals surface area contributed by atoms with E-state index < -0.39 is 22.0 Å². The first kappa shape index (κ1) is 27.4. The minimum absolute atomic E-state index is 0.0828. The number of rotatable bonds is 10. The van der Waals surface area contributed by atoms with Crippen LogP contribution in [0.25, 0.3) is 0 Å². The van der Waals surface area contributed by atoms with E-state index in [1.54, 1.807) is 6.07 Å². The first-order valence-corrected chi connectivity index (χ1v) is 13.4. The molecular formula is C26H37N3O4S. The lowest BCUT2D eigenvalue weighted by Crippen LogP contribution is -2.53. The molecule has 0 fully saturated rings. The Balaban J connectivity index is 2.46. The standard InChI is InChI=1S/C26H37N3O4S/c1-8-23(26(31)27-18(2)3)28(16-22-12-9-19(4)10-13-22)25(30)17-29(34(7,32)33)24-14-11-20(5)15-21(24)6/h9-15,18,23H,8,16-17H2,1-7H3,(H,27,31)/t23-/m0/s1. The maximum absolute atomic E-state index is 13.7. The minimum atomic E-state index is -3.75. The van der Waals surface area contributed by atoms with Crippen LogP contribution < -0.4 is 9.62 Å². The number of carbonyl (C=O) groups is 2. The summed E-state index contributed by atoms with van der Waals surface area (Å²) in [6.45, 7) is 11.1. The molecule has 0 bridgehead atoms. The van der Waals surface area contributed by atoms with E-state index in [2.05, 4.69) is 5.32 Å². The number of aryl methyl sites for hydroxylation is 3. The van der Waals surface area contributed by atoms with Gasteiger partial charge in [-0.3, -0.25) is 13.9 Å². The normalized spacial score (nSPS) is 12.4. The van der Waals surface area contributed by atoms with E-state index in [1.165, 1.54) is 4.90 Å². The molecule has 0 aliphatic heterocycles. The number of carbonyl (C=O) groups excluding carboxylic acids is 2. The average molecular weight is 488 g/mol. The van der Waals surface area contributed by atoms with Crippen LogP contribution in [0.15, 0.2) is 42.5 Å². The lowest BCUT2D eigenvalue weighted by atomic mass is 10.1. The van der Waals surface area contributed by atoms with Crippen molar-refractivity contribution in [1.29, 1.82) is 0 Å². The van der Waals surface area contributed by atoms with Gasteiger partial charge in [0.1, 0.15) is 12.6 Å². The molecule has 0 heterocycles. The fourth-order valence-electron chi connectivity index (χ4n) is 3.87. The maximum atomic E-state index is 13.7. The van der Waals surface area contributed by atoms with Gasteiger partial charge >= 0.3 is 0 Å². The Kier molecular flexibility index (Phi) is 9.27. The summed E-state index contributed by atoms with van der Waals surface area (Å²) in [7, 11) is -3.75. The van der Waals surface area contributed by atoms with Crippen molar-refractivity contribution in [2.45, 2.75) is 66.6 Å². The molecule has 2 aromatic carbocycles. The highest BCUT2D eigenvalue weighted by Crippen LogP contribution is 2.24. The fraction of sp³-hybridized carbons (Fsp3) is 0.462. The van der Waals surface area contributed by atoms with Gasteiger partial charge in [-0.25, -0.2) is 8.42 Å². The third-order valence-corrected chi connectivity index (χ3v) is 6.72. The van der Waals surface area contributed by atoms with Crippen LogP contribution in [0.5, 0.6) is 0 Å². The molecule has 0 aromatic heterocycles. The molecule has 8 heteroatoms. The van der Waals surface area contributed by atoms with Gasteiger partial charge in [0.2, 0.25) is 21.8 Å². The minimum Gasteiger partial charge on any atom is -0.352 e. The smallest absolute Gasteiger partial charge is 0.244 e. The van der Waals surface area contributed by atoms with Gasteiger partial charge in [-0.05, 0) is 58.2 Å². The number of hydrogen-bond donors (Lipinski definition) is 1. The van der Waals surface area contributed by atoms with Crippen molar-refractivity contribution >= 4 is 27.5 Å². The van der Waals surface area contributed by atoms with Gasteiger partial charge in [-0.1, -0.05) is 54.4 Å². The number of benzene rings is 2. The highest BCUT2D eigenvalue weighted by atomic mass is 32.2. The summed E-state index contributed by atoms with van der Waals surface area (Å²) in [5, 5.41) is 2.89. The van der Waals surface area contributed by atoms with Gasteiger partial charge in [0.15, 0.2) is 0 Å². The molecule has 0 aliphatic rings. The van der Waals surface area contributed by atoms with E-state index in [-0.39, 0.29) is 25.0 Å². The van der Waals surface area contributed by atoms with Crippen LogP contribution in [0.2, 0.25) is 0 Å². The Morgan fingerprint density at radius 2 is 1.56 bits per heavy atom. The number of nitrogens with one attached hydrogen (secondary N) is 1. The van der Waals surface area contributed by atoms with E-state index >= 15 is 0 Å². The molecule has 1 atom stereocenters. The van der Waals surface area contributed by atoms with Gasteiger partial charge in [0, 0.05) is 12.6 Å². The summed E-state index contributed by atoms with van der Waals surface area (Å²) in [4.78, 5) is 28.1. The monoisotopic (exact) mass is 487 g/mol. The van der Waals surface area contributed by atoms with Crippen molar-refractivity contribution in [2.24, 2.45) is 0 Å². The number of sulfonamides is 1. The summed E-state index contributed by atoms with van der Waals surface area (Å²) < 4.78 is 26.6. The molecule has 1 N–H and O–H groups in total. The summed E-state index contributed by atoms with van der Waals surface area (Å²) in [6.07, 6.45) is 1.49. The van der Waals surface area contributed by atoms with Gasteiger partial charge in [0.05, 0.1) is 11.9 Å². The van der Waals surface area contributed by atoms with Crippen LogP contribution >= 0.6 is 0 Å². The average Bonchev–Trinajstić information content (AvgIpc) is 2.72.